The minimum Gasteiger partial charge on any atom is -0.316 e. The van der Waals surface area contributed by atoms with Crippen LogP contribution in [0.3, 0.4) is 0 Å². The Balaban J connectivity index is 2.21. The van der Waals surface area contributed by atoms with E-state index in [9.17, 15) is 4.39 Å². The summed E-state index contributed by atoms with van der Waals surface area (Å²) in [5, 5.41) is 3.27. The van der Waals surface area contributed by atoms with Crippen molar-refractivity contribution in [3.05, 3.63) is 35.6 Å². The minimum atomic E-state index is -0.126. The molecule has 1 atom stereocenters. The van der Waals surface area contributed by atoms with Crippen LogP contribution in [0.15, 0.2) is 24.3 Å². The van der Waals surface area contributed by atoms with E-state index in [0.717, 1.165) is 25.1 Å². The van der Waals surface area contributed by atoms with Crippen molar-refractivity contribution < 1.29 is 4.39 Å². The van der Waals surface area contributed by atoms with Gasteiger partial charge < -0.3 is 5.32 Å². The normalized spacial score (nSPS) is 22.9. The summed E-state index contributed by atoms with van der Waals surface area (Å²) in [6, 6.07) is 6.91. The van der Waals surface area contributed by atoms with Crippen LogP contribution in [0.4, 0.5) is 4.39 Å². The average Bonchev–Trinajstić information content (AvgIpc) is 2.56. The summed E-state index contributed by atoms with van der Waals surface area (Å²) in [7, 11) is 0. The van der Waals surface area contributed by atoms with Crippen molar-refractivity contribution in [2.75, 3.05) is 13.1 Å². The van der Waals surface area contributed by atoms with Crippen molar-refractivity contribution in [1.29, 1.82) is 0 Å². The van der Waals surface area contributed by atoms with Gasteiger partial charge in [-0.2, -0.15) is 0 Å². The fourth-order valence-electron chi connectivity index (χ4n) is 1.70. The molecule has 2 rings (SSSR count). The standard InChI is InChI=1S/C10H12FN/c11-10-3-1-2-8(6-10)9-4-5-12-7-9/h1-3,6,9,12H,4-5,7H2/t9-/m0/s1. The van der Waals surface area contributed by atoms with Crippen LogP contribution >= 0.6 is 0 Å². The van der Waals surface area contributed by atoms with Gasteiger partial charge in [-0.25, -0.2) is 4.39 Å². The second kappa shape index (κ2) is 3.23. The largest absolute Gasteiger partial charge is 0.316 e. The van der Waals surface area contributed by atoms with Crippen molar-refractivity contribution in [3.63, 3.8) is 0 Å². The van der Waals surface area contributed by atoms with Gasteiger partial charge in [0.15, 0.2) is 0 Å². The van der Waals surface area contributed by atoms with Crippen LogP contribution in [0.2, 0.25) is 0 Å². The Morgan fingerprint density at radius 3 is 3.00 bits per heavy atom. The summed E-state index contributed by atoms with van der Waals surface area (Å²) in [4.78, 5) is 0. The molecule has 1 aromatic carbocycles. The first-order valence-corrected chi connectivity index (χ1v) is 4.32. The third-order valence-corrected chi connectivity index (χ3v) is 2.38. The average molecular weight is 165 g/mol. The molecule has 0 aromatic heterocycles. The molecule has 1 N–H and O–H groups in total. The predicted octanol–water partition coefficient (Wildman–Crippen LogP) is 1.90. The zero-order valence-electron chi connectivity index (χ0n) is 6.89. The van der Waals surface area contributed by atoms with E-state index in [4.69, 9.17) is 0 Å². The second-order valence-corrected chi connectivity index (χ2v) is 3.24. The highest BCUT2D eigenvalue weighted by Crippen LogP contribution is 2.22. The van der Waals surface area contributed by atoms with Gasteiger partial charge in [-0.3, -0.25) is 0 Å². The first kappa shape index (κ1) is 7.74. The summed E-state index contributed by atoms with van der Waals surface area (Å²) in [5.41, 5.74) is 1.13. The highest BCUT2D eigenvalue weighted by molar-refractivity contribution is 5.21. The lowest BCUT2D eigenvalue weighted by molar-refractivity contribution is 0.621. The Labute approximate surface area is 71.6 Å². The predicted molar refractivity (Wildman–Crippen MR) is 46.6 cm³/mol. The molecule has 1 aliphatic rings. The van der Waals surface area contributed by atoms with Crippen molar-refractivity contribution in [2.45, 2.75) is 12.3 Å². The van der Waals surface area contributed by atoms with E-state index in [1.807, 2.05) is 6.07 Å². The van der Waals surface area contributed by atoms with Crippen LogP contribution in [0.1, 0.15) is 17.9 Å². The van der Waals surface area contributed by atoms with Gasteiger partial charge in [-0.05, 0) is 36.6 Å². The lowest BCUT2D eigenvalue weighted by atomic mass is 9.99. The van der Waals surface area contributed by atoms with Gasteiger partial charge in [0.25, 0.3) is 0 Å². The van der Waals surface area contributed by atoms with Gasteiger partial charge in [0.2, 0.25) is 0 Å². The molecule has 0 spiro atoms. The van der Waals surface area contributed by atoms with Crippen molar-refractivity contribution in [1.82, 2.24) is 5.32 Å². The molecule has 0 amide bonds. The maximum Gasteiger partial charge on any atom is 0.123 e. The Bertz CT molecular complexity index is 266. The Hall–Kier alpha value is -0.890. The molecule has 1 aromatic rings. The molecule has 12 heavy (non-hydrogen) atoms. The molecule has 1 heterocycles. The molecule has 1 saturated heterocycles. The molecular weight excluding hydrogens is 153 g/mol. The maximum absolute atomic E-state index is 12.8. The van der Waals surface area contributed by atoms with E-state index in [1.165, 1.54) is 6.07 Å². The maximum atomic E-state index is 12.8. The van der Waals surface area contributed by atoms with Crippen molar-refractivity contribution in [3.8, 4) is 0 Å². The summed E-state index contributed by atoms with van der Waals surface area (Å²) in [5.74, 6) is 0.389. The Morgan fingerprint density at radius 2 is 2.33 bits per heavy atom. The zero-order chi connectivity index (χ0) is 8.39. The Morgan fingerprint density at radius 1 is 1.42 bits per heavy atom. The number of halogens is 1. The van der Waals surface area contributed by atoms with Gasteiger partial charge in [0.05, 0.1) is 0 Å². The van der Waals surface area contributed by atoms with Crippen molar-refractivity contribution >= 4 is 0 Å². The van der Waals surface area contributed by atoms with Crippen LogP contribution in [0.25, 0.3) is 0 Å². The quantitative estimate of drug-likeness (QED) is 0.670. The topological polar surface area (TPSA) is 12.0 Å². The van der Waals surface area contributed by atoms with Crippen LogP contribution in [-0.4, -0.2) is 13.1 Å². The van der Waals surface area contributed by atoms with Crippen LogP contribution in [0, 0.1) is 5.82 Å². The number of rotatable bonds is 1. The van der Waals surface area contributed by atoms with E-state index in [0.29, 0.717) is 5.92 Å². The van der Waals surface area contributed by atoms with Gasteiger partial charge in [-0.1, -0.05) is 12.1 Å². The summed E-state index contributed by atoms with van der Waals surface area (Å²) in [6.45, 7) is 2.05. The fourth-order valence-corrected chi connectivity index (χ4v) is 1.70. The zero-order valence-corrected chi connectivity index (χ0v) is 6.89. The third kappa shape index (κ3) is 1.48. The molecule has 0 bridgehead atoms. The highest BCUT2D eigenvalue weighted by Gasteiger charge is 2.16. The van der Waals surface area contributed by atoms with Gasteiger partial charge in [-0.15, -0.1) is 0 Å². The summed E-state index contributed by atoms with van der Waals surface area (Å²) < 4.78 is 12.8. The highest BCUT2D eigenvalue weighted by atomic mass is 19.1. The van der Waals surface area contributed by atoms with Gasteiger partial charge >= 0.3 is 0 Å². The third-order valence-electron chi connectivity index (χ3n) is 2.38. The summed E-state index contributed by atoms with van der Waals surface area (Å²) in [6.07, 6.45) is 1.13. The first-order valence-electron chi connectivity index (χ1n) is 4.32. The molecule has 1 aliphatic heterocycles. The van der Waals surface area contributed by atoms with E-state index >= 15 is 0 Å². The molecule has 1 fully saturated rings. The minimum absolute atomic E-state index is 0.126. The van der Waals surface area contributed by atoms with E-state index < -0.39 is 0 Å². The molecule has 0 radical (unpaired) electrons. The number of benzene rings is 1. The number of hydrogen-bond acceptors (Lipinski definition) is 1. The molecule has 1 nitrogen and oxygen atoms in total. The molecule has 0 aliphatic carbocycles. The smallest absolute Gasteiger partial charge is 0.123 e. The van der Waals surface area contributed by atoms with Gasteiger partial charge in [0, 0.05) is 6.54 Å². The molecule has 64 valence electrons. The summed E-state index contributed by atoms with van der Waals surface area (Å²) >= 11 is 0. The van der Waals surface area contributed by atoms with Crippen LogP contribution in [0.5, 0.6) is 0 Å². The van der Waals surface area contributed by atoms with E-state index in [-0.39, 0.29) is 5.82 Å². The molecule has 2 heteroatoms. The molecular formula is C10H12FN. The SMILES string of the molecule is Fc1cccc([C@H]2CCNC2)c1. The monoisotopic (exact) mass is 165 g/mol. The lowest BCUT2D eigenvalue weighted by Gasteiger charge is -2.07. The second-order valence-electron chi connectivity index (χ2n) is 3.24. The fraction of sp³-hybridized carbons (Fsp3) is 0.400. The lowest BCUT2D eigenvalue weighted by Crippen LogP contribution is -2.07. The van der Waals surface area contributed by atoms with E-state index in [1.54, 1.807) is 12.1 Å². The van der Waals surface area contributed by atoms with E-state index in [2.05, 4.69) is 5.32 Å². The Kier molecular flexibility index (Phi) is 2.09. The van der Waals surface area contributed by atoms with Gasteiger partial charge in [0.1, 0.15) is 5.82 Å². The van der Waals surface area contributed by atoms with Crippen LogP contribution in [-0.2, 0) is 0 Å². The molecule has 0 unspecified atom stereocenters. The number of nitrogens with one attached hydrogen (secondary N) is 1. The molecule has 0 saturated carbocycles. The van der Waals surface area contributed by atoms with Crippen LogP contribution < -0.4 is 5.32 Å². The first-order chi connectivity index (χ1) is 5.86. The van der Waals surface area contributed by atoms with Crippen molar-refractivity contribution in [2.24, 2.45) is 0 Å². The number of hydrogen-bond donors (Lipinski definition) is 1.